The van der Waals surface area contributed by atoms with E-state index in [1.165, 1.54) is 12.1 Å². The molecule has 0 bridgehead atoms. The summed E-state index contributed by atoms with van der Waals surface area (Å²) in [6.45, 7) is 3.51. The number of benzene rings is 3. The van der Waals surface area contributed by atoms with E-state index in [0.29, 0.717) is 29.7 Å². The summed E-state index contributed by atoms with van der Waals surface area (Å²) in [6, 6.07) is 15.9. The van der Waals surface area contributed by atoms with E-state index in [9.17, 15) is 4.39 Å². The molecule has 0 aliphatic carbocycles. The van der Waals surface area contributed by atoms with Crippen LogP contribution in [-0.2, 0) is 28.7 Å². The molecule has 1 heterocycles. The lowest BCUT2D eigenvalue weighted by atomic mass is 9.97. The van der Waals surface area contributed by atoms with Crippen LogP contribution in [-0.4, -0.2) is 19.5 Å². The standard InChI is InChI=1S/C30H31F2NO2/c1-2-3-4-5-23-19-34-29(35-20-23)15-9-21-8-14-27-25(16-21)13-12-24(30(27)32)10-6-22-7-11-26(18-33)28(31)17-22/h2-3,7-8,11-14,16-17,23,29H,4-6,9-10,15,19-20H2,1H3/b3-2+. The van der Waals surface area contributed by atoms with Gasteiger partial charge in [0.1, 0.15) is 17.7 Å². The van der Waals surface area contributed by atoms with Crippen molar-refractivity contribution < 1.29 is 18.3 Å². The summed E-state index contributed by atoms with van der Waals surface area (Å²) in [7, 11) is 0. The van der Waals surface area contributed by atoms with Crippen LogP contribution in [0.15, 0.2) is 60.7 Å². The molecular weight excluding hydrogens is 444 g/mol. The number of aryl methyl sites for hydroxylation is 3. The van der Waals surface area contributed by atoms with Crippen molar-refractivity contribution in [2.75, 3.05) is 13.2 Å². The van der Waals surface area contributed by atoms with Crippen LogP contribution < -0.4 is 0 Å². The zero-order valence-corrected chi connectivity index (χ0v) is 20.1. The molecule has 0 spiro atoms. The van der Waals surface area contributed by atoms with Gasteiger partial charge in [0, 0.05) is 17.7 Å². The first-order valence-electron chi connectivity index (χ1n) is 12.3. The highest BCUT2D eigenvalue weighted by Gasteiger charge is 2.21. The van der Waals surface area contributed by atoms with E-state index >= 15 is 4.39 Å². The van der Waals surface area contributed by atoms with Gasteiger partial charge in [-0.2, -0.15) is 5.26 Å². The van der Waals surface area contributed by atoms with Crippen LogP contribution in [0.5, 0.6) is 0 Å². The van der Waals surface area contributed by atoms with Gasteiger partial charge in [0.05, 0.1) is 18.8 Å². The Kier molecular flexibility index (Phi) is 8.63. The normalized spacial score (nSPS) is 18.2. The lowest BCUT2D eigenvalue weighted by Crippen LogP contribution is -2.32. The van der Waals surface area contributed by atoms with Gasteiger partial charge in [-0.1, -0.05) is 48.6 Å². The number of nitrogens with zero attached hydrogens (tertiary/aromatic N) is 1. The van der Waals surface area contributed by atoms with E-state index in [1.54, 1.807) is 6.07 Å². The average Bonchev–Trinajstić information content (AvgIpc) is 2.88. The second kappa shape index (κ2) is 12.1. The maximum Gasteiger partial charge on any atom is 0.157 e. The van der Waals surface area contributed by atoms with Crippen LogP contribution in [0.2, 0.25) is 0 Å². The van der Waals surface area contributed by atoms with Crippen molar-refractivity contribution in [2.45, 2.75) is 51.7 Å². The predicted octanol–water partition coefficient (Wildman–Crippen LogP) is 7.05. The minimum Gasteiger partial charge on any atom is -0.352 e. The third kappa shape index (κ3) is 6.54. The predicted molar refractivity (Wildman–Crippen MR) is 134 cm³/mol. The highest BCUT2D eigenvalue weighted by Crippen LogP contribution is 2.25. The van der Waals surface area contributed by atoms with Crippen molar-refractivity contribution in [1.82, 2.24) is 0 Å². The van der Waals surface area contributed by atoms with Crippen molar-refractivity contribution in [3.05, 3.63) is 94.6 Å². The minimum absolute atomic E-state index is 0.0207. The summed E-state index contributed by atoms with van der Waals surface area (Å²) in [5, 5.41) is 10.3. The molecule has 0 N–H and O–H groups in total. The van der Waals surface area contributed by atoms with Gasteiger partial charge in [0.25, 0.3) is 0 Å². The second-order valence-corrected chi connectivity index (χ2v) is 9.17. The van der Waals surface area contributed by atoms with Crippen LogP contribution in [0.3, 0.4) is 0 Å². The van der Waals surface area contributed by atoms with E-state index in [2.05, 4.69) is 12.2 Å². The molecule has 3 aromatic carbocycles. The van der Waals surface area contributed by atoms with Crippen LogP contribution in [0.4, 0.5) is 8.78 Å². The Morgan fingerprint density at radius 2 is 1.71 bits per heavy atom. The van der Waals surface area contributed by atoms with E-state index in [4.69, 9.17) is 14.7 Å². The molecular formula is C30H31F2NO2. The summed E-state index contributed by atoms with van der Waals surface area (Å²) in [4.78, 5) is 0. The van der Waals surface area contributed by atoms with Gasteiger partial charge in [0.2, 0.25) is 0 Å². The molecule has 35 heavy (non-hydrogen) atoms. The number of nitriles is 1. The van der Waals surface area contributed by atoms with Crippen molar-refractivity contribution in [3.8, 4) is 6.07 Å². The smallest absolute Gasteiger partial charge is 0.157 e. The highest BCUT2D eigenvalue weighted by molar-refractivity contribution is 5.84. The molecule has 1 fully saturated rings. The number of hydrogen-bond acceptors (Lipinski definition) is 3. The van der Waals surface area contributed by atoms with E-state index in [1.807, 2.05) is 43.3 Å². The van der Waals surface area contributed by atoms with Crippen molar-refractivity contribution in [2.24, 2.45) is 5.92 Å². The molecule has 1 aliphatic heterocycles. The molecule has 0 saturated carbocycles. The van der Waals surface area contributed by atoms with Gasteiger partial charge in [-0.05, 0) is 73.2 Å². The molecule has 1 aliphatic rings. The first-order chi connectivity index (χ1) is 17.1. The molecule has 3 aromatic rings. The summed E-state index contributed by atoms with van der Waals surface area (Å²) in [5.41, 5.74) is 2.49. The van der Waals surface area contributed by atoms with Gasteiger partial charge in [-0.15, -0.1) is 0 Å². The van der Waals surface area contributed by atoms with Gasteiger partial charge in [0.15, 0.2) is 6.29 Å². The quantitative estimate of drug-likeness (QED) is 0.311. The third-order valence-corrected chi connectivity index (χ3v) is 6.62. The Bertz CT molecular complexity index is 1220. The van der Waals surface area contributed by atoms with Gasteiger partial charge < -0.3 is 9.47 Å². The molecule has 0 atom stereocenters. The van der Waals surface area contributed by atoms with Crippen LogP contribution in [0.1, 0.15) is 48.4 Å². The Morgan fingerprint density at radius 3 is 2.46 bits per heavy atom. The monoisotopic (exact) mass is 475 g/mol. The molecule has 3 nitrogen and oxygen atoms in total. The first kappa shape index (κ1) is 25.0. The van der Waals surface area contributed by atoms with Gasteiger partial charge >= 0.3 is 0 Å². The lowest BCUT2D eigenvalue weighted by molar-refractivity contribution is -0.203. The van der Waals surface area contributed by atoms with E-state index in [-0.39, 0.29) is 17.7 Å². The highest BCUT2D eigenvalue weighted by atomic mass is 19.1. The SMILES string of the molecule is C/C=C/CCC1COC(CCc2ccc3c(F)c(CCc4ccc(C#N)c(F)c4)ccc3c2)OC1. The number of fused-ring (bicyclic) bond motifs is 1. The Morgan fingerprint density at radius 1 is 0.943 bits per heavy atom. The van der Waals surface area contributed by atoms with Crippen molar-refractivity contribution in [3.63, 3.8) is 0 Å². The number of hydrogen-bond donors (Lipinski definition) is 0. The Labute approximate surface area is 206 Å². The summed E-state index contributed by atoms with van der Waals surface area (Å²) < 4.78 is 40.8. The number of ether oxygens (including phenoxy) is 2. The molecule has 1 saturated heterocycles. The number of rotatable bonds is 9. The molecule has 0 radical (unpaired) electrons. The maximum absolute atomic E-state index is 15.2. The Balaban J connectivity index is 1.32. The zero-order valence-electron chi connectivity index (χ0n) is 20.1. The number of halogens is 2. The molecule has 4 rings (SSSR count). The van der Waals surface area contributed by atoms with E-state index < -0.39 is 5.82 Å². The first-order valence-corrected chi connectivity index (χ1v) is 12.3. The second-order valence-electron chi connectivity index (χ2n) is 9.17. The van der Waals surface area contributed by atoms with Crippen molar-refractivity contribution in [1.29, 1.82) is 5.26 Å². The molecule has 0 amide bonds. The summed E-state index contributed by atoms with van der Waals surface area (Å²) >= 11 is 0. The molecule has 0 unspecified atom stereocenters. The van der Waals surface area contributed by atoms with Gasteiger partial charge in [-0.3, -0.25) is 0 Å². The van der Waals surface area contributed by atoms with Crippen molar-refractivity contribution >= 4 is 10.8 Å². The van der Waals surface area contributed by atoms with Crippen LogP contribution in [0.25, 0.3) is 10.8 Å². The average molecular weight is 476 g/mol. The largest absolute Gasteiger partial charge is 0.352 e. The summed E-state index contributed by atoms with van der Waals surface area (Å²) in [5.74, 6) is -0.313. The summed E-state index contributed by atoms with van der Waals surface area (Å²) in [6.07, 6.45) is 8.74. The number of allylic oxidation sites excluding steroid dienone is 2. The lowest BCUT2D eigenvalue weighted by Gasteiger charge is -2.29. The Hall–Kier alpha value is -3.07. The fraction of sp³-hybridized carbons (Fsp3) is 0.367. The molecule has 0 aromatic heterocycles. The van der Waals surface area contributed by atoms with Gasteiger partial charge in [-0.25, -0.2) is 8.78 Å². The minimum atomic E-state index is -0.537. The zero-order chi connectivity index (χ0) is 24.6. The molecule has 182 valence electrons. The fourth-order valence-corrected chi connectivity index (χ4v) is 4.52. The third-order valence-electron chi connectivity index (χ3n) is 6.62. The van der Waals surface area contributed by atoms with Crippen LogP contribution >= 0.6 is 0 Å². The maximum atomic E-state index is 15.2. The topological polar surface area (TPSA) is 42.2 Å². The van der Waals surface area contributed by atoms with Crippen LogP contribution in [0, 0.1) is 28.9 Å². The molecule has 5 heteroatoms. The van der Waals surface area contributed by atoms with E-state index in [0.717, 1.165) is 55.4 Å². The fourth-order valence-electron chi connectivity index (χ4n) is 4.52.